The van der Waals surface area contributed by atoms with Crippen LogP contribution in [0.15, 0.2) is 71.5 Å². The number of nitrogens with zero attached hydrogens (tertiary/aromatic N) is 2. The van der Waals surface area contributed by atoms with Crippen LogP contribution in [-0.4, -0.2) is 14.7 Å². The summed E-state index contributed by atoms with van der Waals surface area (Å²) in [6, 6.07) is 18.0. The van der Waals surface area contributed by atoms with E-state index in [1.807, 2.05) is 0 Å². The third kappa shape index (κ3) is 3.37. The minimum absolute atomic E-state index is 0.00965. The number of rotatable bonds is 4. The normalized spacial score (nSPS) is 11.1. The molecule has 28 heavy (non-hydrogen) atoms. The molecule has 3 aromatic carbocycles. The SMILES string of the molecule is O=c1c2ccc(Cl)cc2nc(-c2ccccc2O)n1CCc1ccccc1F. The van der Waals surface area contributed by atoms with Gasteiger partial charge in [0.2, 0.25) is 0 Å². The summed E-state index contributed by atoms with van der Waals surface area (Å²) in [5.41, 5.74) is 1.11. The summed E-state index contributed by atoms with van der Waals surface area (Å²) in [6.45, 7) is 0.217. The summed E-state index contributed by atoms with van der Waals surface area (Å²) in [6.07, 6.45) is 0.313. The van der Waals surface area contributed by atoms with Crippen LogP contribution in [-0.2, 0) is 13.0 Å². The summed E-state index contributed by atoms with van der Waals surface area (Å²) in [5, 5.41) is 11.2. The number of aryl methyl sites for hydroxylation is 1. The molecule has 4 rings (SSSR count). The first kappa shape index (κ1) is 18.2. The standard InChI is InChI=1S/C22H16ClFN2O2/c23-15-9-10-16-19(13-15)25-21(17-6-2-4-8-20(17)27)26(22(16)28)12-11-14-5-1-3-7-18(14)24/h1-10,13,27H,11-12H2. The van der Waals surface area contributed by atoms with Crippen LogP contribution in [0.3, 0.4) is 0 Å². The molecular formula is C22H16ClFN2O2. The van der Waals surface area contributed by atoms with Crippen LogP contribution in [0.5, 0.6) is 5.75 Å². The topological polar surface area (TPSA) is 55.1 Å². The van der Waals surface area contributed by atoms with Crippen molar-refractivity contribution in [1.82, 2.24) is 9.55 Å². The molecule has 0 aliphatic carbocycles. The first-order valence-corrected chi connectivity index (χ1v) is 9.14. The van der Waals surface area contributed by atoms with Crippen LogP contribution in [0.4, 0.5) is 4.39 Å². The van der Waals surface area contributed by atoms with E-state index in [9.17, 15) is 14.3 Å². The van der Waals surface area contributed by atoms with Crippen molar-refractivity contribution in [1.29, 1.82) is 0 Å². The molecule has 0 amide bonds. The summed E-state index contributed by atoms with van der Waals surface area (Å²) >= 11 is 6.06. The van der Waals surface area contributed by atoms with Gasteiger partial charge in [0.15, 0.2) is 0 Å². The molecule has 0 saturated heterocycles. The summed E-state index contributed by atoms with van der Waals surface area (Å²) in [5.74, 6) is 0.00446. The first-order valence-electron chi connectivity index (χ1n) is 8.76. The Labute approximate surface area is 165 Å². The van der Waals surface area contributed by atoms with Gasteiger partial charge in [-0.2, -0.15) is 0 Å². The van der Waals surface area contributed by atoms with Gasteiger partial charge in [0, 0.05) is 11.6 Å². The average Bonchev–Trinajstić information content (AvgIpc) is 2.68. The lowest BCUT2D eigenvalue weighted by Gasteiger charge is -2.15. The number of phenolic OH excluding ortho intramolecular Hbond substituents is 1. The zero-order valence-corrected chi connectivity index (χ0v) is 15.5. The van der Waals surface area contributed by atoms with Gasteiger partial charge in [0.05, 0.1) is 16.5 Å². The fourth-order valence-electron chi connectivity index (χ4n) is 3.20. The molecule has 6 heteroatoms. The maximum atomic E-state index is 14.0. The van der Waals surface area contributed by atoms with Gasteiger partial charge in [-0.15, -0.1) is 0 Å². The van der Waals surface area contributed by atoms with E-state index in [4.69, 9.17) is 11.6 Å². The Balaban J connectivity index is 1.90. The van der Waals surface area contributed by atoms with Crippen LogP contribution < -0.4 is 5.56 Å². The minimum atomic E-state index is -0.319. The van der Waals surface area contributed by atoms with Gasteiger partial charge in [0.25, 0.3) is 5.56 Å². The molecule has 0 unspecified atom stereocenters. The molecule has 0 aliphatic rings. The number of para-hydroxylation sites is 1. The van der Waals surface area contributed by atoms with Gasteiger partial charge in [0.1, 0.15) is 17.4 Å². The number of fused-ring (bicyclic) bond motifs is 1. The molecule has 1 N–H and O–H groups in total. The van der Waals surface area contributed by atoms with Crippen molar-refractivity contribution in [3.8, 4) is 17.1 Å². The first-order chi connectivity index (χ1) is 13.5. The van der Waals surface area contributed by atoms with Crippen LogP contribution in [0.25, 0.3) is 22.3 Å². The highest BCUT2D eigenvalue weighted by Gasteiger charge is 2.16. The lowest BCUT2D eigenvalue weighted by Crippen LogP contribution is -2.24. The monoisotopic (exact) mass is 394 g/mol. The number of aromatic nitrogens is 2. The van der Waals surface area contributed by atoms with Gasteiger partial charge in [-0.1, -0.05) is 41.9 Å². The third-order valence-electron chi connectivity index (χ3n) is 4.62. The quantitative estimate of drug-likeness (QED) is 0.540. The second-order valence-electron chi connectivity index (χ2n) is 6.41. The molecule has 0 bridgehead atoms. The number of hydrogen-bond donors (Lipinski definition) is 1. The number of benzene rings is 3. The van der Waals surface area contributed by atoms with Gasteiger partial charge < -0.3 is 5.11 Å². The predicted octanol–water partition coefficient (Wildman–Crippen LogP) is 4.80. The van der Waals surface area contributed by atoms with Crippen molar-refractivity contribution in [2.45, 2.75) is 13.0 Å². The molecule has 0 aliphatic heterocycles. The Morgan fingerprint density at radius 3 is 2.57 bits per heavy atom. The zero-order chi connectivity index (χ0) is 19.7. The van der Waals surface area contributed by atoms with Crippen molar-refractivity contribution in [3.63, 3.8) is 0 Å². The Kier molecular flexibility index (Phi) is 4.84. The molecule has 0 atom stereocenters. The fraction of sp³-hybridized carbons (Fsp3) is 0.0909. The van der Waals surface area contributed by atoms with Crippen molar-refractivity contribution in [3.05, 3.63) is 93.5 Å². The number of aromatic hydroxyl groups is 1. The molecular weight excluding hydrogens is 379 g/mol. The molecule has 0 spiro atoms. The van der Waals surface area contributed by atoms with E-state index in [1.54, 1.807) is 54.6 Å². The van der Waals surface area contributed by atoms with E-state index in [0.29, 0.717) is 39.3 Å². The lowest BCUT2D eigenvalue weighted by atomic mass is 10.1. The largest absolute Gasteiger partial charge is 0.507 e. The Bertz CT molecular complexity index is 1240. The highest BCUT2D eigenvalue weighted by molar-refractivity contribution is 6.31. The van der Waals surface area contributed by atoms with Gasteiger partial charge >= 0.3 is 0 Å². The van der Waals surface area contributed by atoms with Crippen LogP contribution in [0, 0.1) is 5.82 Å². The van der Waals surface area contributed by atoms with Gasteiger partial charge in [-0.25, -0.2) is 9.37 Å². The average molecular weight is 395 g/mol. The van der Waals surface area contributed by atoms with E-state index < -0.39 is 0 Å². The summed E-state index contributed by atoms with van der Waals surface area (Å²) in [4.78, 5) is 17.7. The minimum Gasteiger partial charge on any atom is -0.507 e. The van der Waals surface area contributed by atoms with Crippen LogP contribution in [0.2, 0.25) is 5.02 Å². The van der Waals surface area contributed by atoms with Crippen molar-refractivity contribution in [2.75, 3.05) is 0 Å². The highest BCUT2D eigenvalue weighted by atomic mass is 35.5. The third-order valence-corrected chi connectivity index (χ3v) is 4.86. The molecule has 4 nitrogen and oxygen atoms in total. The second kappa shape index (κ2) is 7.44. The fourth-order valence-corrected chi connectivity index (χ4v) is 3.37. The molecule has 1 heterocycles. The molecule has 0 fully saturated rings. The van der Waals surface area contributed by atoms with E-state index in [2.05, 4.69) is 4.98 Å². The Morgan fingerprint density at radius 2 is 1.79 bits per heavy atom. The van der Waals surface area contributed by atoms with E-state index in [1.165, 1.54) is 16.7 Å². The maximum Gasteiger partial charge on any atom is 0.261 e. The molecule has 4 aromatic rings. The van der Waals surface area contributed by atoms with Crippen LogP contribution >= 0.6 is 11.6 Å². The summed E-state index contributed by atoms with van der Waals surface area (Å²) in [7, 11) is 0. The van der Waals surface area contributed by atoms with Gasteiger partial charge in [-0.05, 0) is 48.4 Å². The molecule has 1 aromatic heterocycles. The smallest absolute Gasteiger partial charge is 0.261 e. The zero-order valence-electron chi connectivity index (χ0n) is 14.8. The van der Waals surface area contributed by atoms with E-state index >= 15 is 0 Å². The highest BCUT2D eigenvalue weighted by Crippen LogP contribution is 2.28. The number of phenols is 1. The molecule has 0 saturated carbocycles. The molecule has 0 radical (unpaired) electrons. The maximum absolute atomic E-state index is 14.0. The number of hydrogen-bond acceptors (Lipinski definition) is 3. The second-order valence-corrected chi connectivity index (χ2v) is 6.85. The summed E-state index contributed by atoms with van der Waals surface area (Å²) < 4.78 is 15.5. The Hall–Kier alpha value is -3.18. The van der Waals surface area contributed by atoms with Gasteiger partial charge in [-0.3, -0.25) is 9.36 Å². The Morgan fingerprint density at radius 1 is 1.04 bits per heavy atom. The number of halogens is 2. The van der Waals surface area contributed by atoms with Crippen molar-refractivity contribution >= 4 is 22.5 Å². The molecule has 140 valence electrons. The predicted molar refractivity (Wildman–Crippen MR) is 108 cm³/mol. The van der Waals surface area contributed by atoms with Crippen molar-refractivity contribution in [2.24, 2.45) is 0 Å². The van der Waals surface area contributed by atoms with Crippen molar-refractivity contribution < 1.29 is 9.50 Å². The van der Waals surface area contributed by atoms with E-state index in [-0.39, 0.29) is 23.7 Å². The van der Waals surface area contributed by atoms with Crippen LogP contribution in [0.1, 0.15) is 5.56 Å². The van der Waals surface area contributed by atoms with E-state index in [0.717, 1.165) is 0 Å². The lowest BCUT2D eigenvalue weighted by molar-refractivity contribution is 0.476.